The zero-order valence-electron chi connectivity index (χ0n) is 10.2. The van der Waals surface area contributed by atoms with Crippen LogP contribution >= 0.6 is 11.6 Å². The highest BCUT2D eigenvalue weighted by Crippen LogP contribution is 2.34. The average molecular weight is 247 g/mol. The number of alkyl halides is 1. The van der Waals surface area contributed by atoms with Crippen molar-refractivity contribution in [1.29, 1.82) is 0 Å². The Morgan fingerprint density at radius 3 is 2.56 bits per heavy atom. The number of hydrogen-bond donors (Lipinski definition) is 0. The average Bonchev–Trinajstić information content (AvgIpc) is 2.30. The van der Waals surface area contributed by atoms with Gasteiger partial charge in [-0.25, -0.2) is 0 Å². The highest BCUT2D eigenvalue weighted by molar-refractivity contribution is 6.21. The zero-order valence-corrected chi connectivity index (χ0v) is 10.9. The lowest BCUT2D eigenvalue weighted by atomic mass is 9.89. The van der Waals surface area contributed by atoms with E-state index in [1.54, 1.807) is 0 Å². The summed E-state index contributed by atoms with van der Waals surface area (Å²) >= 11 is 6.16. The molecule has 3 heteroatoms. The minimum Gasteiger partial charge on any atom is -0.374 e. The number of hydrogen-bond acceptors (Lipinski definition) is 2. The molecule has 16 heavy (non-hydrogen) atoms. The van der Waals surface area contributed by atoms with Crippen molar-refractivity contribution < 1.29 is 9.47 Å². The number of halogens is 1. The lowest BCUT2D eigenvalue weighted by Gasteiger charge is -2.42. The first-order valence-corrected chi connectivity index (χ1v) is 7.16. The molecule has 0 aliphatic heterocycles. The molecule has 2 fully saturated rings. The van der Waals surface area contributed by atoms with Crippen LogP contribution in [-0.4, -0.2) is 30.3 Å². The van der Waals surface area contributed by atoms with E-state index in [1.807, 2.05) is 0 Å². The van der Waals surface area contributed by atoms with Crippen LogP contribution in [0.4, 0.5) is 0 Å². The van der Waals surface area contributed by atoms with Gasteiger partial charge in [0.25, 0.3) is 0 Å². The van der Waals surface area contributed by atoms with E-state index >= 15 is 0 Å². The van der Waals surface area contributed by atoms with Crippen molar-refractivity contribution in [2.24, 2.45) is 0 Å². The van der Waals surface area contributed by atoms with E-state index in [0.717, 1.165) is 19.4 Å². The van der Waals surface area contributed by atoms with Gasteiger partial charge in [0, 0.05) is 6.61 Å². The van der Waals surface area contributed by atoms with E-state index in [2.05, 4.69) is 6.92 Å². The quantitative estimate of drug-likeness (QED) is 0.692. The van der Waals surface area contributed by atoms with Gasteiger partial charge in [-0.05, 0) is 25.7 Å². The maximum absolute atomic E-state index is 6.16. The molecule has 0 aromatic carbocycles. The molecule has 0 aromatic heterocycles. The lowest BCUT2D eigenvalue weighted by Crippen LogP contribution is -2.52. The minimum absolute atomic E-state index is 0.142. The summed E-state index contributed by atoms with van der Waals surface area (Å²) in [5.41, 5.74) is 0. The highest BCUT2D eigenvalue weighted by Gasteiger charge is 2.42. The molecular formula is C13H23ClO2. The fraction of sp³-hybridized carbons (Fsp3) is 1.00. The molecule has 0 spiro atoms. The summed E-state index contributed by atoms with van der Waals surface area (Å²) in [7, 11) is 0. The molecule has 0 saturated heterocycles. The van der Waals surface area contributed by atoms with Crippen LogP contribution in [0.25, 0.3) is 0 Å². The zero-order chi connectivity index (χ0) is 11.4. The van der Waals surface area contributed by atoms with Gasteiger partial charge in [-0.1, -0.05) is 26.2 Å². The Hall–Kier alpha value is 0.210. The molecule has 94 valence electrons. The first-order chi connectivity index (χ1) is 7.81. The van der Waals surface area contributed by atoms with Crippen LogP contribution in [0.5, 0.6) is 0 Å². The predicted molar refractivity (Wildman–Crippen MR) is 66.0 cm³/mol. The van der Waals surface area contributed by atoms with Gasteiger partial charge in [-0.3, -0.25) is 0 Å². The molecule has 0 aromatic rings. The molecule has 0 N–H and O–H groups in total. The van der Waals surface area contributed by atoms with E-state index in [-0.39, 0.29) is 17.6 Å². The number of ether oxygens (including phenoxy) is 2. The van der Waals surface area contributed by atoms with Crippen LogP contribution in [0, 0.1) is 0 Å². The van der Waals surface area contributed by atoms with Crippen molar-refractivity contribution in [3.8, 4) is 0 Å². The SMILES string of the molecule is CCCOC1C(Cl)CC1OC1CCCCC1. The van der Waals surface area contributed by atoms with E-state index in [0.29, 0.717) is 6.10 Å². The largest absolute Gasteiger partial charge is 0.374 e. The van der Waals surface area contributed by atoms with Gasteiger partial charge >= 0.3 is 0 Å². The smallest absolute Gasteiger partial charge is 0.100 e. The topological polar surface area (TPSA) is 18.5 Å². The second kappa shape index (κ2) is 6.23. The van der Waals surface area contributed by atoms with Crippen molar-refractivity contribution >= 4 is 11.6 Å². The van der Waals surface area contributed by atoms with Crippen molar-refractivity contribution in [3.05, 3.63) is 0 Å². The third kappa shape index (κ3) is 3.12. The molecule has 3 unspecified atom stereocenters. The molecule has 2 aliphatic rings. The molecular weight excluding hydrogens is 224 g/mol. The summed E-state index contributed by atoms with van der Waals surface area (Å²) in [4.78, 5) is 0. The van der Waals surface area contributed by atoms with Gasteiger partial charge < -0.3 is 9.47 Å². The Labute approximate surface area is 104 Å². The Kier molecular flexibility index (Phi) is 4.93. The van der Waals surface area contributed by atoms with Crippen LogP contribution < -0.4 is 0 Å². The van der Waals surface area contributed by atoms with Gasteiger partial charge in [0.2, 0.25) is 0 Å². The highest BCUT2D eigenvalue weighted by atomic mass is 35.5. The van der Waals surface area contributed by atoms with Crippen molar-refractivity contribution in [2.45, 2.75) is 75.6 Å². The summed E-state index contributed by atoms with van der Waals surface area (Å²) < 4.78 is 11.8. The van der Waals surface area contributed by atoms with Crippen LogP contribution in [0.2, 0.25) is 0 Å². The molecule has 0 heterocycles. The standard InChI is InChI=1S/C13H23ClO2/c1-2-8-15-13-11(14)9-12(13)16-10-6-4-3-5-7-10/h10-13H,2-9H2,1H3. The Morgan fingerprint density at radius 2 is 1.94 bits per heavy atom. The fourth-order valence-electron chi connectivity index (χ4n) is 2.57. The summed E-state index contributed by atoms with van der Waals surface area (Å²) in [5.74, 6) is 0. The van der Waals surface area contributed by atoms with Crippen LogP contribution in [0.3, 0.4) is 0 Å². The third-order valence-electron chi connectivity index (χ3n) is 3.61. The van der Waals surface area contributed by atoms with Gasteiger partial charge in [0.1, 0.15) is 6.10 Å². The van der Waals surface area contributed by atoms with Crippen molar-refractivity contribution in [2.75, 3.05) is 6.61 Å². The van der Waals surface area contributed by atoms with Gasteiger partial charge in [0.15, 0.2) is 0 Å². The first kappa shape index (κ1) is 12.7. The van der Waals surface area contributed by atoms with E-state index in [1.165, 1.54) is 32.1 Å². The summed E-state index contributed by atoms with van der Waals surface area (Å²) in [6.45, 7) is 2.93. The fourth-order valence-corrected chi connectivity index (χ4v) is 2.98. The second-order valence-electron chi connectivity index (χ2n) is 5.02. The maximum Gasteiger partial charge on any atom is 0.100 e. The van der Waals surface area contributed by atoms with Gasteiger partial charge in [-0.15, -0.1) is 11.6 Å². The molecule has 2 rings (SSSR count). The maximum atomic E-state index is 6.16. The van der Waals surface area contributed by atoms with E-state index < -0.39 is 0 Å². The van der Waals surface area contributed by atoms with Crippen molar-refractivity contribution in [1.82, 2.24) is 0 Å². The first-order valence-electron chi connectivity index (χ1n) is 6.72. The molecule has 3 atom stereocenters. The van der Waals surface area contributed by atoms with Gasteiger partial charge in [0.05, 0.1) is 17.6 Å². The summed E-state index contributed by atoms with van der Waals surface area (Å²) in [5, 5.41) is 0.167. The second-order valence-corrected chi connectivity index (χ2v) is 5.58. The Morgan fingerprint density at radius 1 is 1.19 bits per heavy atom. The Balaban J connectivity index is 1.72. The summed E-state index contributed by atoms with van der Waals surface area (Å²) in [6, 6.07) is 0. The minimum atomic E-state index is 0.142. The molecule has 0 bridgehead atoms. The summed E-state index contributed by atoms with van der Waals surface area (Å²) in [6.07, 6.45) is 9.36. The van der Waals surface area contributed by atoms with Gasteiger partial charge in [-0.2, -0.15) is 0 Å². The predicted octanol–water partition coefficient (Wildman–Crippen LogP) is 3.51. The van der Waals surface area contributed by atoms with Crippen LogP contribution in [0.15, 0.2) is 0 Å². The lowest BCUT2D eigenvalue weighted by molar-refractivity contribution is -0.153. The monoisotopic (exact) mass is 246 g/mol. The molecule has 2 nitrogen and oxygen atoms in total. The van der Waals surface area contributed by atoms with Crippen molar-refractivity contribution in [3.63, 3.8) is 0 Å². The van der Waals surface area contributed by atoms with Crippen LogP contribution in [0.1, 0.15) is 51.9 Å². The van der Waals surface area contributed by atoms with E-state index in [9.17, 15) is 0 Å². The molecule has 0 amide bonds. The van der Waals surface area contributed by atoms with Crippen LogP contribution in [-0.2, 0) is 9.47 Å². The normalized spacial score (nSPS) is 36.0. The number of rotatable bonds is 5. The van der Waals surface area contributed by atoms with E-state index in [4.69, 9.17) is 21.1 Å². The molecule has 2 saturated carbocycles. The molecule has 0 radical (unpaired) electrons. The molecule has 2 aliphatic carbocycles. The third-order valence-corrected chi connectivity index (χ3v) is 4.04. The Bertz CT molecular complexity index is 204.